The molecule has 0 unspecified atom stereocenters. The molecule has 0 spiro atoms. The fourth-order valence-corrected chi connectivity index (χ4v) is 2.55. The third-order valence-corrected chi connectivity index (χ3v) is 3.58. The van der Waals surface area contributed by atoms with Crippen LogP contribution in [0.2, 0.25) is 0 Å². The zero-order valence-corrected chi connectivity index (χ0v) is 14.9. The molecule has 0 saturated heterocycles. The summed E-state index contributed by atoms with van der Waals surface area (Å²) < 4.78 is 2.22. The minimum absolute atomic E-state index is 0. The summed E-state index contributed by atoms with van der Waals surface area (Å²) >= 11 is 0. The molecule has 0 aliphatic carbocycles. The van der Waals surface area contributed by atoms with E-state index in [1.165, 1.54) is 12.5 Å². The summed E-state index contributed by atoms with van der Waals surface area (Å²) in [4.78, 5) is 13.5. The minimum Gasteiger partial charge on any atom is -1.00 e. The van der Waals surface area contributed by atoms with Gasteiger partial charge in [-0.05, 0) is 44.5 Å². The van der Waals surface area contributed by atoms with Gasteiger partial charge in [0.05, 0.1) is 19.3 Å². The highest BCUT2D eigenvalue weighted by molar-refractivity contribution is 5.89. The maximum Gasteiger partial charge on any atom is 0.281 e. The van der Waals surface area contributed by atoms with Gasteiger partial charge in [0.25, 0.3) is 5.82 Å². The lowest BCUT2D eigenvalue weighted by atomic mass is 10.2. The van der Waals surface area contributed by atoms with Crippen molar-refractivity contribution >= 4 is 23.1 Å². The molecule has 0 atom stereocenters. The lowest BCUT2D eigenvalue weighted by Gasteiger charge is -2.18. The van der Waals surface area contributed by atoms with Crippen LogP contribution in [0, 0.1) is 6.92 Å². The van der Waals surface area contributed by atoms with Crippen LogP contribution >= 0.6 is 0 Å². The zero-order chi connectivity index (χ0) is 16.1. The maximum absolute atomic E-state index is 11.3. The Morgan fingerprint density at radius 3 is 2.57 bits per heavy atom. The molecule has 124 valence electrons. The maximum atomic E-state index is 11.3. The van der Waals surface area contributed by atoms with Gasteiger partial charge < -0.3 is 17.7 Å². The molecule has 2 aromatic rings. The Kier molecular flexibility index (Phi) is 7.04. The van der Waals surface area contributed by atoms with Crippen LogP contribution < -0.4 is 27.2 Å². The molecule has 5 heteroatoms. The van der Waals surface area contributed by atoms with E-state index in [9.17, 15) is 4.79 Å². The standard InChI is InChI=1S/C18H23N3O.ClH/c1-5-20-11-10-14(3)12-18(20)21(6-2)17-9-7-8-16(13-17)19-15(4)22;/h7-13H,5-6H2,1-4H3;1H. The van der Waals surface area contributed by atoms with Crippen LogP contribution in [-0.2, 0) is 11.3 Å². The molecule has 0 radical (unpaired) electrons. The number of benzene rings is 1. The van der Waals surface area contributed by atoms with E-state index in [-0.39, 0.29) is 18.3 Å². The van der Waals surface area contributed by atoms with Crippen molar-refractivity contribution in [3.8, 4) is 0 Å². The van der Waals surface area contributed by atoms with E-state index >= 15 is 0 Å². The average molecular weight is 334 g/mol. The fraction of sp³-hybridized carbons (Fsp3) is 0.333. The summed E-state index contributed by atoms with van der Waals surface area (Å²) in [6, 6.07) is 12.3. The van der Waals surface area contributed by atoms with Gasteiger partial charge in [0.15, 0.2) is 0 Å². The van der Waals surface area contributed by atoms with Gasteiger partial charge in [-0.3, -0.25) is 4.79 Å². The first-order valence-electron chi connectivity index (χ1n) is 7.70. The number of carbonyl (C=O) groups excluding carboxylic acids is 1. The molecule has 1 amide bonds. The van der Waals surface area contributed by atoms with Crippen molar-refractivity contribution in [2.24, 2.45) is 0 Å². The summed E-state index contributed by atoms with van der Waals surface area (Å²) in [5.74, 6) is 1.10. The van der Waals surface area contributed by atoms with E-state index in [4.69, 9.17) is 0 Å². The van der Waals surface area contributed by atoms with Crippen LogP contribution in [0.3, 0.4) is 0 Å². The number of pyridine rings is 1. The van der Waals surface area contributed by atoms with Gasteiger partial charge in [-0.25, -0.2) is 9.47 Å². The molecule has 1 N–H and O–H groups in total. The summed E-state index contributed by atoms with van der Waals surface area (Å²) in [6.45, 7) is 9.67. The van der Waals surface area contributed by atoms with Crippen LogP contribution in [0.5, 0.6) is 0 Å². The number of nitrogens with zero attached hydrogens (tertiary/aromatic N) is 2. The molecule has 1 heterocycles. The molecule has 4 nitrogen and oxygen atoms in total. The highest BCUT2D eigenvalue weighted by Gasteiger charge is 2.20. The smallest absolute Gasteiger partial charge is 0.281 e. The van der Waals surface area contributed by atoms with Gasteiger partial charge in [-0.2, -0.15) is 0 Å². The Balaban J connectivity index is 0.00000264. The van der Waals surface area contributed by atoms with Crippen molar-refractivity contribution in [2.75, 3.05) is 16.8 Å². The molecule has 1 aromatic carbocycles. The lowest BCUT2D eigenvalue weighted by molar-refractivity contribution is -0.681. The fourth-order valence-electron chi connectivity index (χ4n) is 2.55. The summed E-state index contributed by atoms with van der Waals surface area (Å²) in [5, 5.41) is 2.84. The first-order chi connectivity index (χ1) is 10.5. The van der Waals surface area contributed by atoms with E-state index in [0.29, 0.717) is 0 Å². The first-order valence-corrected chi connectivity index (χ1v) is 7.70. The summed E-state index contributed by atoms with van der Waals surface area (Å²) in [7, 11) is 0. The highest BCUT2D eigenvalue weighted by atomic mass is 35.5. The van der Waals surface area contributed by atoms with Gasteiger partial charge in [0.1, 0.15) is 5.69 Å². The van der Waals surface area contributed by atoms with Crippen LogP contribution in [-0.4, -0.2) is 12.5 Å². The number of anilines is 3. The number of carbonyl (C=O) groups is 1. The minimum atomic E-state index is -0.0561. The molecule has 0 aliphatic rings. The van der Waals surface area contributed by atoms with E-state index in [2.05, 4.69) is 60.0 Å². The molecular formula is C18H24ClN3O. The Labute approximate surface area is 144 Å². The van der Waals surface area contributed by atoms with Crippen LogP contribution in [0.25, 0.3) is 0 Å². The van der Waals surface area contributed by atoms with Crippen molar-refractivity contribution in [2.45, 2.75) is 34.2 Å². The van der Waals surface area contributed by atoms with Gasteiger partial charge in [-0.15, -0.1) is 0 Å². The lowest BCUT2D eigenvalue weighted by Crippen LogP contribution is -3.00. The molecule has 0 bridgehead atoms. The number of halogens is 1. The second-order valence-electron chi connectivity index (χ2n) is 5.32. The molecule has 1 aromatic heterocycles. The van der Waals surface area contributed by atoms with E-state index in [1.54, 1.807) is 0 Å². The zero-order valence-electron chi connectivity index (χ0n) is 14.1. The Bertz CT molecular complexity index is 673. The Morgan fingerprint density at radius 2 is 1.96 bits per heavy atom. The molecular weight excluding hydrogens is 310 g/mol. The van der Waals surface area contributed by atoms with Gasteiger partial charge >= 0.3 is 0 Å². The highest BCUT2D eigenvalue weighted by Crippen LogP contribution is 2.25. The second-order valence-corrected chi connectivity index (χ2v) is 5.32. The van der Waals surface area contributed by atoms with Crippen LogP contribution in [0.4, 0.5) is 17.2 Å². The Hall–Kier alpha value is -2.07. The SMILES string of the molecule is CCN(c1cccc(NC(C)=O)c1)c1cc(C)cc[n+]1CC.[Cl-]. The average Bonchev–Trinajstić information content (AvgIpc) is 2.48. The van der Waals surface area contributed by atoms with Crippen molar-refractivity contribution in [1.29, 1.82) is 0 Å². The number of aryl methyl sites for hydroxylation is 2. The van der Waals surface area contributed by atoms with Crippen molar-refractivity contribution in [1.82, 2.24) is 0 Å². The van der Waals surface area contributed by atoms with Crippen molar-refractivity contribution < 1.29 is 21.8 Å². The summed E-state index contributed by atoms with van der Waals surface area (Å²) in [5.41, 5.74) is 3.12. The second kappa shape index (κ2) is 8.53. The largest absolute Gasteiger partial charge is 1.00 e. The van der Waals surface area contributed by atoms with Gasteiger partial charge in [-0.1, -0.05) is 6.07 Å². The number of amides is 1. The third-order valence-electron chi connectivity index (χ3n) is 3.58. The monoisotopic (exact) mass is 333 g/mol. The Morgan fingerprint density at radius 1 is 1.22 bits per heavy atom. The van der Waals surface area contributed by atoms with Crippen molar-refractivity contribution in [3.63, 3.8) is 0 Å². The molecule has 0 saturated carbocycles. The molecule has 23 heavy (non-hydrogen) atoms. The third kappa shape index (κ3) is 4.70. The quantitative estimate of drug-likeness (QED) is 0.805. The number of aromatic nitrogens is 1. The predicted molar refractivity (Wildman–Crippen MR) is 90.5 cm³/mol. The molecule has 2 rings (SSSR count). The molecule has 0 aliphatic heterocycles. The normalized spacial score (nSPS) is 9.91. The van der Waals surface area contributed by atoms with Gasteiger partial charge in [0.2, 0.25) is 5.91 Å². The van der Waals surface area contributed by atoms with Crippen molar-refractivity contribution in [3.05, 3.63) is 48.2 Å². The summed E-state index contributed by atoms with van der Waals surface area (Å²) in [6.07, 6.45) is 2.12. The van der Waals surface area contributed by atoms with Gasteiger partial charge in [0, 0.05) is 24.7 Å². The molecule has 0 fully saturated rings. The number of rotatable bonds is 5. The van der Waals surface area contributed by atoms with Crippen LogP contribution in [0.15, 0.2) is 42.6 Å². The predicted octanol–water partition coefficient (Wildman–Crippen LogP) is 0.423. The van der Waals surface area contributed by atoms with E-state index in [0.717, 1.165) is 30.3 Å². The first kappa shape index (κ1) is 19.0. The van der Waals surface area contributed by atoms with E-state index in [1.807, 2.05) is 18.2 Å². The number of hydrogen-bond donors (Lipinski definition) is 1. The van der Waals surface area contributed by atoms with Crippen LogP contribution in [0.1, 0.15) is 26.3 Å². The number of nitrogens with one attached hydrogen (secondary N) is 1. The van der Waals surface area contributed by atoms with E-state index < -0.39 is 0 Å². The topological polar surface area (TPSA) is 36.2 Å². The number of hydrogen-bond acceptors (Lipinski definition) is 2.